The molecule has 0 amide bonds. The minimum absolute atomic E-state index is 0.0115. The third-order valence-electron chi connectivity index (χ3n) is 2.10. The molecular formula is C8H14O3. The number of carbonyl (C=O) groups excluding carboxylic acids is 1. The van der Waals surface area contributed by atoms with Gasteiger partial charge in [-0.3, -0.25) is 4.79 Å². The van der Waals surface area contributed by atoms with Gasteiger partial charge < -0.3 is 9.47 Å². The zero-order valence-corrected chi connectivity index (χ0v) is 7.16. The summed E-state index contributed by atoms with van der Waals surface area (Å²) in [6.45, 7) is 3.88. The van der Waals surface area contributed by atoms with E-state index in [0.717, 1.165) is 6.42 Å². The van der Waals surface area contributed by atoms with E-state index in [1.165, 1.54) is 7.11 Å². The molecule has 0 saturated carbocycles. The number of rotatable bonds is 1. The number of esters is 1. The zero-order valence-electron chi connectivity index (χ0n) is 7.16. The smallest absolute Gasteiger partial charge is 0.311 e. The molecule has 0 aromatic heterocycles. The fourth-order valence-electron chi connectivity index (χ4n) is 1.51. The van der Waals surface area contributed by atoms with E-state index in [-0.39, 0.29) is 24.1 Å². The Labute approximate surface area is 66.7 Å². The van der Waals surface area contributed by atoms with Gasteiger partial charge >= 0.3 is 5.97 Å². The molecule has 1 rings (SSSR count). The molecule has 11 heavy (non-hydrogen) atoms. The average molecular weight is 158 g/mol. The van der Waals surface area contributed by atoms with Gasteiger partial charge in [0, 0.05) is 0 Å². The summed E-state index contributed by atoms with van der Waals surface area (Å²) in [6, 6.07) is 0. The van der Waals surface area contributed by atoms with Gasteiger partial charge in [-0.05, 0) is 20.3 Å². The lowest BCUT2D eigenvalue weighted by Gasteiger charge is -2.09. The van der Waals surface area contributed by atoms with Crippen molar-refractivity contribution in [2.45, 2.75) is 32.5 Å². The highest BCUT2D eigenvalue weighted by Gasteiger charge is 2.35. The first-order valence-corrected chi connectivity index (χ1v) is 3.88. The van der Waals surface area contributed by atoms with Crippen LogP contribution in [0.15, 0.2) is 0 Å². The van der Waals surface area contributed by atoms with Crippen LogP contribution >= 0.6 is 0 Å². The molecule has 0 aromatic carbocycles. The number of carbonyl (C=O) groups is 1. The van der Waals surface area contributed by atoms with E-state index in [9.17, 15) is 4.79 Å². The molecule has 1 heterocycles. The highest BCUT2D eigenvalue weighted by atomic mass is 16.5. The van der Waals surface area contributed by atoms with Crippen LogP contribution in [0.1, 0.15) is 20.3 Å². The molecule has 3 nitrogen and oxygen atoms in total. The highest BCUT2D eigenvalue weighted by molar-refractivity contribution is 5.73. The van der Waals surface area contributed by atoms with Gasteiger partial charge in [0.2, 0.25) is 0 Å². The first-order valence-electron chi connectivity index (χ1n) is 3.88. The fraction of sp³-hybridized carbons (Fsp3) is 0.875. The summed E-state index contributed by atoms with van der Waals surface area (Å²) >= 11 is 0. The Morgan fingerprint density at radius 3 is 2.55 bits per heavy atom. The van der Waals surface area contributed by atoms with Crippen LogP contribution in [0, 0.1) is 5.92 Å². The lowest BCUT2D eigenvalue weighted by atomic mass is 10.0. The van der Waals surface area contributed by atoms with Crippen molar-refractivity contribution >= 4 is 5.97 Å². The lowest BCUT2D eigenvalue weighted by Crippen LogP contribution is -2.22. The van der Waals surface area contributed by atoms with E-state index in [0.29, 0.717) is 0 Å². The van der Waals surface area contributed by atoms with Crippen molar-refractivity contribution in [3.05, 3.63) is 0 Å². The molecule has 3 atom stereocenters. The van der Waals surface area contributed by atoms with Crippen molar-refractivity contribution in [1.82, 2.24) is 0 Å². The summed E-state index contributed by atoms with van der Waals surface area (Å²) in [4.78, 5) is 11.1. The van der Waals surface area contributed by atoms with E-state index in [1.807, 2.05) is 13.8 Å². The lowest BCUT2D eigenvalue weighted by molar-refractivity contribution is -0.146. The molecule has 1 saturated heterocycles. The Morgan fingerprint density at radius 2 is 2.18 bits per heavy atom. The Kier molecular flexibility index (Phi) is 2.49. The third-order valence-corrected chi connectivity index (χ3v) is 2.10. The van der Waals surface area contributed by atoms with Gasteiger partial charge in [0.15, 0.2) is 0 Å². The van der Waals surface area contributed by atoms with E-state index in [4.69, 9.17) is 4.74 Å². The van der Waals surface area contributed by atoms with Gasteiger partial charge in [-0.1, -0.05) is 0 Å². The van der Waals surface area contributed by atoms with Crippen molar-refractivity contribution in [3.63, 3.8) is 0 Å². The highest BCUT2D eigenvalue weighted by Crippen LogP contribution is 2.26. The fourth-order valence-corrected chi connectivity index (χ4v) is 1.51. The molecule has 0 aliphatic carbocycles. The Bertz CT molecular complexity index is 155. The minimum Gasteiger partial charge on any atom is -0.469 e. The van der Waals surface area contributed by atoms with Crippen molar-refractivity contribution in [2.24, 2.45) is 5.92 Å². The molecule has 0 N–H and O–H groups in total. The van der Waals surface area contributed by atoms with Crippen LogP contribution in [0.25, 0.3) is 0 Å². The summed E-state index contributed by atoms with van der Waals surface area (Å²) in [5, 5.41) is 0. The Hall–Kier alpha value is -0.570. The first-order chi connectivity index (χ1) is 5.15. The molecule has 64 valence electrons. The van der Waals surface area contributed by atoms with Crippen LogP contribution in [-0.2, 0) is 14.3 Å². The second-order valence-corrected chi connectivity index (χ2v) is 3.02. The molecule has 1 fully saturated rings. The Balaban J connectivity index is 2.52. The van der Waals surface area contributed by atoms with Gasteiger partial charge in [-0.15, -0.1) is 0 Å². The van der Waals surface area contributed by atoms with E-state index in [1.54, 1.807) is 0 Å². The van der Waals surface area contributed by atoms with E-state index in [2.05, 4.69) is 4.74 Å². The van der Waals surface area contributed by atoms with Gasteiger partial charge in [0.1, 0.15) is 0 Å². The van der Waals surface area contributed by atoms with Gasteiger partial charge in [-0.2, -0.15) is 0 Å². The van der Waals surface area contributed by atoms with Gasteiger partial charge in [0.25, 0.3) is 0 Å². The normalized spacial score (nSPS) is 37.2. The number of hydrogen-bond donors (Lipinski definition) is 0. The van der Waals surface area contributed by atoms with Crippen molar-refractivity contribution in [1.29, 1.82) is 0 Å². The van der Waals surface area contributed by atoms with Crippen molar-refractivity contribution < 1.29 is 14.3 Å². The van der Waals surface area contributed by atoms with Crippen LogP contribution in [-0.4, -0.2) is 25.3 Å². The van der Waals surface area contributed by atoms with E-state index < -0.39 is 0 Å². The molecule has 1 aliphatic rings. The van der Waals surface area contributed by atoms with Gasteiger partial charge in [-0.25, -0.2) is 0 Å². The molecule has 0 bridgehead atoms. The average Bonchev–Trinajstić information content (AvgIpc) is 2.28. The summed E-state index contributed by atoms with van der Waals surface area (Å²) in [5.41, 5.74) is 0. The second kappa shape index (κ2) is 3.22. The summed E-state index contributed by atoms with van der Waals surface area (Å²) in [5.74, 6) is -0.211. The van der Waals surface area contributed by atoms with Crippen LogP contribution < -0.4 is 0 Å². The zero-order chi connectivity index (χ0) is 8.43. The Morgan fingerprint density at radius 1 is 1.55 bits per heavy atom. The standard InChI is InChI=1S/C8H14O3/c1-5-4-7(6(2)11-5)8(9)10-3/h5-7H,4H2,1-3H3/t5-,6+,7+/m0/s1. The number of hydrogen-bond acceptors (Lipinski definition) is 3. The SMILES string of the molecule is COC(=O)[C@@H]1C[C@H](C)O[C@@H]1C. The summed E-state index contributed by atoms with van der Waals surface area (Å²) in [6.07, 6.45) is 0.986. The largest absolute Gasteiger partial charge is 0.469 e. The maximum absolute atomic E-state index is 11.1. The quantitative estimate of drug-likeness (QED) is 0.533. The maximum atomic E-state index is 11.1. The number of ether oxygens (including phenoxy) is 2. The van der Waals surface area contributed by atoms with E-state index >= 15 is 0 Å². The monoisotopic (exact) mass is 158 g/mol. The van der Waals surface area contributed by atoms with Crippen molar-refractivity contribution in [3.8, 4) is 0 Å². The molecule has 1 aliphatic heterocycles. The third kappa shape index (κ3) is 1.71. The first kappa shape index (κ1) is 8.53. The minimum atomic E-state index is -0.151. The van der Waals surface area contributed by atoms with Crippen LogP contribution in [0.4, 0.5) is 0 Å². The predicted molar refractivity (Wildman–Crippen MR) is 40.1 cm³/mol. The topological polar surface area (TPSA) is 35.5 Å². The molecule has 3 heteroatoms. The predicted octanol–water partition coefficient (Wildman–Crippen LogP) is 0.973. The van der Waals surface area contributed by atoms with Gasteiger partial charge in [0.05, 0.1) is 25.2 Å². The number of methoxy groups -OCH3 is 1. The molecule has 0 aromatic rings. The second-order valence-electron chi connectivity index (χ2n) is 3.02. The maximum Gasteiger partial charge on any atom is 0.311 e. The van der Waals surface area contributed by atoms with Crippen LogP contribution in [0.5, 0.6) is 0 Å². The molecule has 0 radical (unpaired) electrons. The van der Waals surface area contributed by atoms with Crippen molar-refractivity contribution in [2.75, 3.05) is 7.11 Å². The van der Waals surface area contributed by atoms with Crippen LogP contribution in [0.2, 0.25) is 0 Å². The molecule has 0 spiro atoms. The molecular weight excluding hydrogens is 144 g/mol. The molecule has 0 unspecified atom stereocenters. The summed E-state index contributed by atoms with van der Waals surface area (Å²) < 4.78 is 10.0. The summed E-state index contributed by atoms with van der Waals surface area (Å²) in [7, 11) is 1.41. The van der Waals surface area contributed by atoms with Crippen LogP contribution in [0.3, 0.4) is 0 Å².